The standard InChI is InChI=1S/C16H26N2O2S/c1-2-11-20-14-15(19)13-18-9-7-17(8-10-18)6-5-16-4-3-12-21-16/h2-4,12,15,19H,1,5-11,13-14H2. The average molecular weight is 310 g/mol. The Kier molecular flexibility index (Phi) is 7.39. The topological polar surface area (TPSA) is 35.9 Å². The van der Waals surface area contributed by atoms with E-state index in [2.05, 4.69) is 33.9 Å². The Morgan fingerprint density at radius 2 is 2.10 bits per heavy atom. The molecule has 1 aromatic heterocycles. The van der Waals surface area contributed by atoms with Crippen LogP contribution in [0.4, 0.5) is 0 Å². The Morgan fingerprint density at radius 3 is 2.76 bits per heavy atom. The Bertz CT molecular complexity index is 389. The third-order valence-electron chi connectivity index (χ3n) is 3.73. The van der Waals surface area contributed by atoms with Gasteiger partial charge in [0.15, 0.2) is 0 Å². The summed E-state index contributed by atoms with van der Waals surface area (Å²) in [6, 6.07) is 4.33. The number of β-amino-alcohol motifs (C(OH)–C–C–N with tert-alkyl or cyclic N) is 1. The molecule has 1 N–H and O–H groups in total. The van der Waals surface area contributed by atoms with Gasteiger partial charge in [0.05, 0.1) is 19.3 Å². The fourth-order valence-electron chi connectivity index (χ4n) is 2.56. The van der Waals surface area contributed by atoms with Crippen LogP contribution in [0.2, 0.25) is 0 Å². The number of ether oxygens (including phenoxy) is 1. The number of rotatable bonds is 9. The maximum atomic E-state index is 9.91. The molecule has 1 aliphatic heterocycles. The van der Waals surface area contributed by atoms with Crippen LogP contribution >= 0.6 is 11.3 Å². The summed E-state index contributed by atoms with van der Waals surface area (Å²) in [5.74, 6) is 0. The van der Waals surface area contributed by atoms with Crippen molar-refractivity contribution in [1.29, 1.82) is 0 Å². The predicted octanol–water partition coefficient (Wildman–Crippen LogP) is 1.47. The lowest BCUT2D eigenvalue weighted by Gasteiger charge is -2.35. The van der Waals surface area contributed by atoms with Gasteiger partial charge < -0.3 is 14.7 Å². The largest absolute Gasteiger partial charge is 0.389 e. The Labute approximate surface area is 131 Å². The SMILES string of the molecule is C=CCOCC(O)CN1CCN(CCc2cccs2)CC1. The van der Waals surface area contributed by atoms with Crippen LogP contribution in [-0.2, 0) is 11.2 Å². The van der Waals surface area contributed by atoms with Crippen molar-refractivity contribution in [3.63, 3.8) is 0 Å². The van der Waals surface area contributed by atoms with Gasteiger partial charge >= 0.3 is 0 Å². The zero-order chi connectivity index (χ0) is 14.9. The molecule has 0 aromatic carbocycles. The molecular weight excluding hydrogens is 284 g/mol. The van der Waals surface area contributed by atoms with Gasteiger partial charge in [-0.25, -0.2) is 0 Å². The second-order valence-corrected chi connectivity index (χ2v) is 6.48. The molecule has 1 aliphatic rings. The van der Waals surface area contributed by atoms with E-state index in [0.29, 0.717) is 19.8 Å². The highest BCUT2D eigenvalue weighted by atomic mass is 32.1. The van der Waals surface area contributed by atoms with Crippen molar-refractivity contribution in [2.24, 2.45) is 0 Å². The fourth-order valence-corrected chi connectivity index (χ4v) is 3.25. The number of piperazine rings is 1. The molecule has 1 fully saturated rings. The van der Waals surface area contributed by atoms with Gasteiger partial charge in [-0.05, 0) is 17.9 Å². The van der Waals surface area contributed by atoms with Crippen molar-refractivity contribution >= 4 is 11.3 Å². The first-order valence-electron chi connectivity index (χ1n) is 7.61. The molecule has 118 valence electrons. The van der Waals surface area contributed by atoms with Gasteiger partial charge in [0.2, 0.25) is 0 Å². The van der Waals surface area contributed by atoms with Crippen molar-refractivity contribution in [2.75, 3.05) is 52.5 Å². The van der Waals surface area contributed by atoms with Crippen molar-refractivity contribution in [1.82, 2.24) is 9.80 Å². The molecular formula is C16H26N2O2S. The first-order chi connectivity index (χ1) is 10.3. The summed E-state index contributed by atoms with van der Waals surface area (Å²) in [6.45, 7) is 10.6. The summed E-state index contributed by atoms with van der Waals surface area (Å²) in [5.41, 5.74) is 0. The predicted molar refractivity (Wildman–Crippen MR) is 87.9 cm³/mol. The van der Waals surface area contributed by atoms with Crippen LogP contribution in [0.5, 0.6) is 0 Å². The molecule has 0 radical (unpaired) electrons. The van der Waals surface area contributed by atoms with Crippen LogP contribution in [0.15, 0.2) is 30.2 Å². The van der Waals surface area contributed by atoms with Crippen LogP contribution in [0, 0.1) is 0 Å². The number of nitrogens with zero attached hydrogens (tertiary/aromatic N) is 2. The first-order valence-corrected chi connectivity index (χ1v) is 8.49. The Hall–Kier alpha value is -0.720. The van der Waals surface area contributed by atoms with Gasteiger partial charge in [0, 0.05) is 44.1 Å². The van der Waals surface area contributed by atoms with Crippen LogP contribution in [0.1, 0.15) is 4.88 Å². The zero-order valence-electron chi connectivity index (χ0n) is 12.6. The summed E-state index contributed by atoms with van der Waals surface area (Å²) >= 11 is 1.84. The summed E-state index contributed by atoms with van der Waals surface area (Å²) in [4.78, 5) is 6.30. The zero-order valence-corrected chi connectivity index (χ0v) is 13.4. The molecule has 1 atom stereocenters. The molecule has 1 unspecified atom stereocenters. The smallest absolute Gasteiger partial charge is 0.0900 e. The highest BCUT2D eigenvalue weighted by molar-refractivity contribution is 7.09. The highest BCUT2D eigenvalue weighted by Crippen LogP contribution is 2.11. The summed E-state index contributed by atoms with van der Waals surface area (Å²) in [5, 5.41) is 12.1. The average Bonchev–Trinajstić information content (AvgIpc) is 3.00. The maximum absolute atomic E-state index is 9.91. The quantitative estimate of drug-likeness (QED) is 0.553. The van der Waals surface area contributed by atoms with E-state index in [0.717, 1.165) is 39.1 Å². The number of thiophene rings is 1. The minimum Gasteiger partial charge on any atom is -0.389 e. The third kappa shape index (κ3) is 6.28. The Balaban J connectivity index is 1.58. The van der Waals surface area contributed by atoms with Crippen LogP contribution in [0.3, 0.4) is 0 Å². The third-order valence-corrected chi connectivity index (χ3v) is 4.67. The molecule has 5 heteroatoms. The second kappa shape index (κ2) is 9.33. The summed E-state index contributed by atoms with van der Waals surface area (Å²) in [6.07, 6.45) is 2.46. The highest BCUT2D eigenvalue weighted by Gasteiger charge is 2.19. The lowest BCUT2D eigenvalue weighted by molar-refractivity contribution is 0.0151. The van der Waals surface area contributed by atoms with Crippen molar-refractivity contribution in [3.8, 4) is 0 Å². The molecule has 0 aliphatic carbocycles. The van der Waals surface area contributed by atoms with Gasteiger partial charge in [-0.15, -0.1) is 17.9 Å². The van der Waals surface area contributed by atoms with E-state index in [-0.39, 0.29) is 0 Å². The van der Waals surface area contributed by atoms with Crippen LogP contribution in [-0.4, -0.2) is 73.5 Å². The molecule has 2 rings (SSSR count). The van der Waals surface area contributed by atoms with E-state index < -0.39 is 6.10 Å². The van der Waals surface area contributed by atoms with E-state index in [9.17, 15) is 5.11 Å². The Morgan fingerprint density at radius 1 is 1.33 bits per heavy atom. The van der Waals surface area contributed by atoms with Crippen LogP contribution in [0.25, 0.3) is 0 Å². The lowest BCUT2D eigenvalue weighted by atomic mass is 10.2. The molecule has 0 spiro atoms. The summed E-state index contributed by atoms with van der Waals surface area (Å²) in [7, 11) is 0. The molecule has 0 bridgehead atoms. The molecule has 0 amide bonds. The van der Waals surface area contributed by atoms with E-state index in [1.54, 1.807) is 6.08 Å². The minimum absolute atomic E-state index is 0.393. The number of hydrogen-bond donors (Lipinski definition) is 1. The fraction of sp³-hybridized carbons (Fsp3) is 0.625. The van der Waals surface area contributed by atoms with Gasteiger partial charge in [-0.2, -0.15) is 0 Å². The first kappa shape index (κ1) is 16.6. The second-order valence-electron chi connectivity index (χ2n) is 5.45. The van der Waals surface area contributed by atoms with E-state index in [4.69, 9.17) is 4.74 Å². The van der Waals surface area contributed by atoms with Crippen molar-refractivity contribution < 1.29 is 9.84 Å². The molecule has 4 nitrogen and oxygen atoms in total. The molecule has 21 heavy (non-hydrogen) atoms. The maximum Gasteiger partial charge on any atom is 0.0900 e. The summed E-state index contributed by atoms with van der Waals surface area (Å²) < 4.78 is 5.28. The lowest BCUT2D eigenvalue weighted by Crippen LogP contribution is -2.49. The van der Waals surface area contributed by atoms with E-state index in [1.165, 1.54) is 4.88 Å². The van der Waals surface area contributed by atoms with Gasteiger partial charge in [-0.3, -0.25) is 4.90 Å². The van der Waals surface area contributed by atoms with Crippen molar-refractivity contribution in [2.45, 2.75) is 12.5 Å². The number of aliphatic hydroxyl groups is 1. The number of aliphatic hydroxyl groups excluding tert-OH is 1. The van der Waals surface area contributed by atoms with Crippen molar-refractivity contribution in [3.05, 3.63) is 35.0 Å². The normalized spacial score (nSPS) is 18.7. The van der Waals surface area contributed by atoms with E-state index in [1.807, 2.05) is 11.3 Å². The van der Waals surface area contributed by atoms with Crippen LogP contribution < -0.4 is 0 Å². The van der Waals surface area contributed by atoms with E-state index >= 15 is 0 Å². The molecule has 0 saturated carbocycles. The monoisotopic (exact) mass is 310 g/mol. The molecule has 1 saturated heterocycles. The van der Waals surface area contributed by atoms with Gasteiger partial charge in [-0.1, -0.05) is 12.1 Å². The molecule has 2 heterocycles. The van der Waals surface area contributed by atoms with Gasteiger partial charge in [0.25, 0.3) is 0 Å². The number of hydrogen-bond acceptors (Lipinski definition) is 5. The molecule has 1 aromatic rings. The van der Waals surface area contributed by atoms with Gasteiger partial charge in [0.1, 0.15) is 0 Å². The minimum atomic E-state index is -0.400.